The van der Waals surface area contributed by atoms with Crippen LogP contribution in [0.2, 0.25) is 5.02 Å². The summed E-state index contributed by atoms with van der Waals surface area (Å²) in [6.45, 7) is 2.28. The van der Waals surface area contributed by atoms with Gasteiger partial charge in [0.15, 0.2) is 0 Å². The van der Waals surface area contributed by atoms with Gasteiger partial charge in [0.05, 0.1) is 11.4 Å². The van der Waals surface area contributed by atoms with Crippen LogP contribution in [0.1, 0.15) is 16.7 Å². The summed E-state index contributed by atoms with van der Waals surface area (Å²) in [5.74, 6) is -0.277. The quantitative estimate of drug-likeness (QED) is 0.745. The second kappa shape index (κ2) is 6.60. The fourth-order valence-corrected chi connectivity index (χ4v) is 3.27. The van der Waals surface area contributed by atoms with Crippen molar-refractivity contribution in [2.45, 2.75) is 13.5 Å². The molecule has 0 bridgehead atoms. The number of hydrogen-bond acceptors (Lipinski definition) is 3. The summed E-state index contributed by atoms with van der Waals surface area (Å²) in [4.78, 5) is 26.3. The van der Waals surface area contributed by atoms with Crippen LogP contribution in [0.25, 0.3) is 6.08 Å². The topological polar surface area (TPSA) is 37.4 Å². The normalized spacial score (nSPS) is 16.4. The van der Waals surface area contributed by atoms with Crippen molar-refractivity contribution < 1.29 is 9.59 Å². The number of halogens is 1. The summed E-state index contributed by atoms with van der Waals surface area (Å²) >= 11 is 7.05. The van der Waals surface area contributed by atoms with Crippen LogP contribution in [0, 0.1) is 6.92 Å². The molecule has 2 amide bonds. The van der Waals surface area contributed by atoms with E-state index in [0.717, 1.165) is 28.5 Å². The van der Waals surface area contributed by atoms with Gasteiger partial charge < -0.3 is 0 Å². The zero-order valence-electron chi connectivity index (χ0n) is 12.5. The second-order valence-electron chi connectivity index (χ2n) is 5.27. The fourth-order valence-electron chi connectivity index (χ4n) is 2.25. The molecule has 0 aliphatic carbocycles. The van der Waals surface area contributed by atoms with E-state index >= 15 is 0 Å². The Morgan fingerprint density at radius 1 is 1.09 bits per heavy atom. The minimum absolute atomic E-state index is 0.256. The van der Waals surface area contributed by atoms with E-state index in [4.69, 9.17) is 11.6 Å². The molecule has 1 fully saturated rings. The van der Waals surface area contributed by atoms with Gasteiger partial charge in [0.2, 0.25) is 0 Å². The van der Waals surface area contributed by atoms with Crippen molar-refractivity contribution in [3.8, 4) is 0 Å². The molecule has 2 aromatic rings. The van der Waals surface area contributed by atoms with Crippen LogP contribution in [0.15, 0.2) is 53.4 Å². The monoisotopic (exact) mass is 343 g/mol. The number of benzene rings is 2. The van der Waals surface area contributed by atoms with E-state index < -0.39 is 0 Å². The smallest absolute Gasteiger partial charge is 0.268 e. The summed E-state index contributed by atoms with van der Waals surface area (Å²) in [5.41, 5.74) is 2.80. The molecule has 1 aliphatic rings. The van der Waals surface area contributed by atoms with Gasteiger partial charge in [-0.2, -0.15) is 0 Å². The Morgan fingerprint density at radius 3 is 2.48 bits per heavy atom. The third kappa shape index (κ3) is 3.49. The Morgan fingerprint density at radius 2 is 1.78 bits per heavy atom. The van der Waals surface area contributed by atoms with Crippen LogP contribution in [0.4, 0.5) is 4.79 Å². The van der Waals surface area contributed by atoms with E-state index in [1.807, 2.05) is 49.4 Å². The molecule has 0 aromatic heterocycles. The van der Waals surface area contributed by atoms with Gasteiger partial charge in [-0.15, -0.1) is 0 Å². The van der Waals surface area contributed by atoms with Crippen LogP contribution in [0.3, 0.4) is 0 Å². The molecule has 1 saturated heterocycles. The van der Waals surface area contributed by atoms with Crippen LogP contribution in [-0.2, 0) is 11.3 Å². The lowest BCUT2D eigenvalue weighted by molar-refractivity contribution is -0.123. The predicted octanol–water partition coefficient (Wildman–Crippen LogP) is 4.88. The highest BCUT2D eigenvalue weighted by Crippen LogP contribution is 2.34. The van der Waals surface area contributed by atoms with Crippen LogP contribution < -0.4 is 0 Å². The first-order valence-corrected chi connectivity index (χ1v) is 8.29. The maximum Gasteiger partial charge on any atom is 0.293 e. The van der Waals surface area contributed by atoms with Crippen molar-refractivity contribution >= 4 is 40.6 Å². The minimum Gasteiger partial charge on any atom is -0.268 e. The van der Waals surface area contributed by atoms with Gasteiger partial charge in [-0.25, -0.2) is 0 Å². The van der Waals surface area contributed by atoms with Gasteiger partial charge in [-0.1, -0.05) is 59.6 Å². The van der Waals surface area contributed by atoms with Crippen LogP contribution in [0.5, 0.6) is 0 Å². The maximum atomic E-state index is 12.5. The molecule has 0 spiro atoms. The van der Waals surface area contributed by atoms with Crippen molar-refractivity contribution in [1.29, 1.82) is 0 Å². The first kappa shape index (κ1) is 15.8. The molecular formula is C18H14ClNO2S. The van der Waals surface area contributed by atoms with Gasteiger partial charge >= 0.3 is 0 Å². The van der Waals surface area contributed by atoms with Crippen molar-refractivity contribution in [2.75, 3.05) is 0 Å². The number of imide groups is 1. The van der Waals surface area contributed by atoms with Gasteiger partial charge in [0.25, 0.3) is 11.1 Å². The predicted molar refractivity (Wildman–Crippen MR) is 94.1 cm³/mol. The minimum atomic E-state index is -0.277. The molecule has 3 rings (SSSR count). The molecule has 3 nitrogen and oxygen atoms in total. The molecule has 2 aromatic carbocycles. The average Bonchev–Trinajstić information content (AvgIpc) is 2.79. The highest BCUT2D eigenvalue weighted by atomic mass is 35.5. The summed E-state index contributed by atoms with van der Waals surface area (Å²) in [6, 6.07) is 15.0. The van der Waals surface area contributed by atoms with Crippen molar-refractivity contribution in [3.05, 3.63) is 75.1 Å². The number of nitrogens with zero attached hydrogens (tertiary/aromatic N) is 1. The first-order chi connectivity index (χ1) is 11.0. The Labute approximate surface area is 143 Å². The van der Waals surface area contributed by atoms with E-state index in [1.54, 1.807) is 12.1 Å². The average molecular weight is 344 g/mol. The Kier molecular flexibility index (Phi) is 4.55. The molecule has 116 valence electrons. The molecule has 1 aliphatic heterocycles. The molecule has 5 heteroatoms. The lowest BCUT2D eigenvalue weighted by Crippen LogP contribution is -2.27. The summed E-state index contributed by atoms with van der Waals surface area (Å²) in [5, 5.41) is 0.298. The standard InChI is InChI=1S/C18H14ClNO2S/c1-12-6-8-13(9-7-12)11-20-17(21)16(23-18(20)22)10-14-4-2-3-5-15(14)19/h2-10H,11H2,1H3/b16-10+. The van der Waals surface area contributed by atoms with E-state index in [0.29, 0.717) is 9.93 Å². The molecular weight excluding hydrogens is 330 g/mol. The lowest BCUT2D eigenvalue weighted by atomic mass is 10.1. The number of hydrogen-bond donors (Lipinski definition) is 0. The van der Waals surface area contributed by atoms with Crippen molar-refractivity contribution in [1.82, 2.24) is 4.90 Å². The molecule has 0 saturated carbocycles. The molecule has 0 unspecified atom stereocenters. The highest BCUT2D eigenvalue weighted by molar-refractivity contribution is 8.18. The van der Waals surface area contributed by atoms with E-state index in [-0.39, 0.29) is 17.7 Å². The third-order valence-electron chi connectivity index (χ3n) is 3.53. The van der Waals surface area contributed by atoms with E-state index in [9.17, 15) is 9.59 Å². The van der Waals surface area contributed by atoms with Crippen LogP contribution >= 0.6 is 23.4 Å². The molecule has 0 N–H and O–H groups in total. The third-order valence-corrected chi connectivity index (χ3v) is 4.78. The number of amides is 2. The van der Waals surface area contributed by atoms with Gasteiger partial charge in [0, 0.05) is 5.02 Å². The zero-order chi connectivity index (χ0) is 16.4. The summed E-state index contributed by atoms with van der Waals surface area (Å²) < 4.78 is 0. The van der Waals surface area contributed by atoms with Gasteiger partial charge in [0.1, 0.15) is 0 Å². The maximum absolute atomic E-state index is 12.5. The SMILES string of the molecule is Cc1ccc(CN2C(=O)S/C(=C/c3ccccc3Cl)C2=O)cc1. The molecule has 1 heterocycles. The van der Waals surface area contributed by atoms with E-state index in [1.165, 1.54) is 4.90 Å². The Hall–Kier alpha value is -2.04. The number of rotatable bonds is 3. The first-order valence-electron chi connectivity index (χ1n) is 7.10. The second-order valence-corrected chi connectivity index (χ2v) is 6.68. The number of carbonyl (C=O) groups is 2. The van der Waals surface area contributed by atoms with Crippen LogP contribution in [-0.4, -0.2) is 16.0 Å². The molecule has 23 heavy (non-hydrogen) atoms. The number of carbonyl (C=O) groups excluding carboxylic acids is 2. The zero-order valence-corrected chi connectivity index (χ0v) is 14.0. The highest BCUT2D eigenvalue weighted by Gasteiger charge is 2.35. The lowest BCUT2D eigenvalue weighted by Gasteiger charge is -2.12. The largest absolute Gasteiger partial charge is 0.293 e. The Bertz CT molecular complexity index is 799. The van der Waals surface area contributed by atoms with Crippen molar-refractivity contribution in [2.24, 2.45) is 0 Å². The molecule has 0 radical (unpaired) electrons. The van der Waals surface area contributed by atoms with Gasteiger partial charge in [-0.3, -0.25) is 14.5 Å². The van der Waals surface area contributed by atoms with Crippen molar-refractivity contribution in [3.63, 3.8) is 0 Å². The summed E-state index contributed by atoms with van der Waals surface area (Å²) in [7, 11) is 0. The molecule has 0 atom stereocenters. The summed E-state index contributed by atoms with van der Waals surface area (Å²) in [6.07, 6.45) is 1.67. The van der Waals surface area contributed by atoms with Gasteiger partial charge in [-0.05, 0) is 42.0 Å². The fraction of sp³-hybridized carbons (Fsp3) is 0.111. The van der Waals surface area contributed by atoms with E-state index in [2.05, 4.69) is 0 Å². The number of aryl methyl sites for hydroxylation is 1. The Balaban J connectivity index is 1.82. The number of thioether (sulfide) groups is 1.